The highest BCUT2D eigenvalue weighted by Crippen LogP contribution is 2.22. The third kappa shape index (κ3) is 2.92. The number of nitrogens with zero attached hydrogens (tertiary/aromatic N) is 2. The minimum absolute atomic E-state index is 0.168. The second kappa shape index (κ2) is 6.14. The number of pyridine rings is 1. The first-order valence-corrected chi connectivity index (χ1v) is 8.62. The van der Waals surface area contributed by atoms with E-state index in [2.05, 4.69) is 4.98 Å². The molecule has 0 saturated carbocycles. The number of hydrogen-bond acceptors (Lipinski definition) is 5. The largest absolute Gasteiger partial charge is 0.422 e. The average molecular weight is 350 g/mol. The molecule has 0 radical (unpaired) electrons. The van der Waals surface area contributed by atoms with Crippen molar-refractivity contribution in [2.75, 3.05) is 0 Å². The van der Waals surface area contributed by atoms with Crippen molar-refractivity contribution in [2.24, 2.45) is 0 Å². The van der Waals surface area contributed by atoms with Gasteiger partial charge in [0.25, 0.3) is 5.56 Å². The molecule has 0 spiro atoms. The lowest BCUT2D eigenvalue weighted by Crippen LogP contribution is -2.21. The summed E-state index contributed by atoms with van der Waals surface area (Å²) in [6.07, 6.45) is 3.43. The maximum atomic E-state index is 12.8. The van der Waals surface area contributed by atoms with Gasteiger partial charge in [-0.1, -0.05) is 18.2 Å². The van der Waals surface area contributed by atoms with Gasteiger partial charge in [-0.25, -0.2) is 9.78 Å². The molecule has 5 nitrogen and oxygen atoms in total. The second-order valence-corrected chi connectivity index (χ2v) is 6.67. The summed E-state index contributed by atoms with van der Waals surface area (Å²) in [6, 6.07) is 11.0. The Bertz CT molecular complexity index is 1170. The van der Waals surface area contributed by atoms with Gasteiger partial charge >= 0.3 is 5.63 Å². The molecule has 0 saturated heterocycles. The van der Waals surface area contributed by atoms with Crippen molar-refractivity contribution >= 4 is 22.3 Å². The van der Waals surface area contributed by atoms with E-state index in [-0.39, 0.29) is 5.56 Å². The summed E-state index contributed by atoms with van der Waals surface area (Å²) in [5, 5.41) is 3.33. The number of benzene rings is 1. The summed E-state index contributed by atoms with van der Waals surface area (Å²) in [5.41, 5.74) is 2.37. The second-order valence-electron chi connectivity index (χ2n) is 5.77. The Morgan fingerprint density at radius 2 is 2.08 bits per heavy atom. The minimum Gasteiger partial charge on any atom is -0.422 e. The summed E-state index contributed by atoms with van der Waals surface area (Å²) < 4.78 is 6.74. The predicted molar refractivity (Wildman–Crippen MR) is 98.1 cm³/mol. The lowest BCUT2D eigenvalue weighted by molar-refractivity contribution is 0.557. The highest BCUT2D eigenvalue weighted by Gasteiger charge is 2.10. The average Bonchev–Trinajstić information content (AvgIpc) is 3.12. The zero-order valence-corrected chi connectivity index (χ0v) is 14.2. The van der Waals surface area contributed by atoms with Crippen LogP contribution in [-0.4, -0.2) is 9.55 Å². The van der Waals surface area contributed by atoms with E-state index in [0.717, 1.165) is 16.1 Å². The van der Waals surface area contributed by atoms with Gasteiger partial charge in [0.15, 0.2) is 0 Å². The molecule has 4 rings (SSSR count). The summed E-state index contributed by atoms with van der Waals surface area (Å²) in [7, 11) is 0. The van der Waals surface area contributed by atoms with Gasteiger partial charge in [0.1, 0.15) is 10.6 Å². The third-order valence-corrected chi connectivity index (χ3v) is 4.85. The first kappa shape index (κ1) is 15.5. The van der Waals surface area contributed by atoms with E-state index in [1.807, 2.05) is 29.6 Å². The van der Waals surface area contributed by atoms with Gasteiger partial charge in [-0.2, -0.15) is 0 Å². The maximum absolute atomic E-state index is 12.8. The zero-order chi connectivity index (χ0) is 17.4. The van der Waals surface area contributed by atoms with Crippen LogP contribution >= 0.6 is 11.3 Å². The fourth-order valence-electron chi connectivity index (χ4n) is 2.88. The van der Waals surface area contributed by atoms with E-state index < -0.39 is 5.63 Å². The first-order chi connectivity index (χ1) is 12.1. The number of aromatic nitrogens is 2. The summed E-state index contributed by atoms with van der Waals surface area (Å²) >= 11 is 1.58. The van der Waals surface area contributed by atoms with E-state index in [1.165, 1.54) is 6.07 Å². The first-order valence-electron chi connectivity index (χ1n) is 7.74. The molecule has 0 atom stereocenters. The Balaban J connectivity index is 1.77. The van der Waals surface area contributed by atoms with Gasteiger partial charge in [-0.3, -0.25) is 4.79 Å². The quantitative estimate of drug-likeness (QED) is 0.568. The van der Waals surface area contributed by atoms with Crippen molar-refractivity contribution in [3.8, 4) is 10.6 Å². The molecule has 25 heavy (non-hydrogen) atoms. The number of rotatable bonds is 3. The fraction of sp³-hybridized carbons (Fsp3) is 0.105. The third-order valence-electron chi connectivity index (χ3n) is 4.03. The highest BCUT2D eigenvalue weighted by atomic mass is 32.1. The molecule has 6 heteroatoms. The summed E-state index contributed by atoms with van der Waals surface area (Å²) in [4.78, 5) is 28.6. The van der Waals surface area contributed by atoms with Crippen LogP contribution < -0.4 is 11.2 Å². The van der Waals surface area contributed by atoms with Crippen molar-refractivity contribution in [1.29, 1.82) is 0 Å². The van der Waals surface area contributed by atoms with Crippen LogP contribution in [0.15, 0.2) is 68.2 Å². The molecule has 0 bridgehead atoms. The SMILES string of the molecule is Cc1cc(=O)oc2ccn(Cc3cccc(-c4nccs4)c3)c(=O)c12. The minimum atomic E-state index is -0.446. The zero-order valence-electron chi connectivity index (χ0n) is 13.4. The van der Waals surface area contributed by atoms with Gasteiger partial charge in [-0.15, -0.1) is 11.3 Å². The predicted octanol–water partition coefficient (Wildman–Crippen LogP) is 3.43. The van der Waals surface area contributed by atoms with Crippen molar-refractivity contribution in [3.63, 3.8) is 0 Å². The Morgan fingerprint density at radius 3 is 2.88 bits per heavy atom. The van der Waals surface area contributed by atoms with Gasteiger partial charge < -0.3 is 8.98 Å². The fourth-order valence-corrected chi connectivity index (χ4v) is 3.52. The summed E-state index contributed by atoms with van der Waals surface area (Å²) in [5.74, 6) is 0. The van der Waals surface area contributed by atoms with Crippen LogP contribution in [0.1, 0.15) is 11.1 Å². The number of hydrogen-bond donors (Lipinski definition) is 0. The smallest absolute Gasteiger partial charge is 0.336 e. The van der Waals surface area contributed by atoms with E-state index in [1.54, 1.807) is 41.3 Å². The lowest BCUT2D eigenvalue weighted by Gasteiger charge is -2.09. The molecule has 1 aromatic carbocycles. The summed E-state index contributed by atoms with van der Waals surface area (Å²) in [6.45, 7) is 2.18. The Kier molecular flexibility index (Phi) is 3.82. The topological polar surface area (TPSA) is 65.1 Å². The molecule has 0 aliphatic heterocycles. The van der Waals surface area contributed by atoms with Crippen molar-refractivity contribution in [2.45, 2.75) is 13.5 Å². The Hall–Kier alpha value is -2.99. The van der Waals surface area contributed by atoms with Crippen LogP contribution in [0.2, 0.25) is 0 Å². The number of aryl methyl sites for hydroxylation is 1. The Morgan fingerprint density at radius 1 is 1.20 bits per heavy atom. The molecule has 3 aromatic heterocycles. The maximum Gasteiger partial charge on any atom is 0.336 e. The van der Waals surface area contributed by atoms with Crippen LogP contribution in [0.5, 0.6) is 0 Å². The molecule has 0 amide bonds. The van der Waals surface area contributed by atoms with Crippen LogP contribution in [0.25, 0.3) is 21.5 Å². The van der Waals surface area contributed by atoms with Gasteiger partial charge in [0.05, 0.1) is 11.9 Å². The molecule has 0 aliphatic carbocycles. The molecular weight excluding hydrogens is 336 g/mol. The molecule has 124 valence electrons. The van der Waals surface area contributed by atoms with Gasteiger partial charge in [0, 0.05) is 29.4 Å². The molecule has 0 N–H and O–H groups in total. The lowest BCUT2D eigenvalue weighted by atomic mass is 10.1. The van der Waals surface area contributed by atoms with Crippen molar-refractivity contribution in [3.05, 3.63) is 86.1 Å². The van der Waals surface area contributed by atoms with Gasteiger partial charge in [-0.05, 0) is 30.2 Å². The molecule has 3 heterocycles. The monoisotopic (exact) mass is 350 g/mol. The van der Waals surface area contributed by atoms with E-state index in [0.29, 0.717) is 23.1 Å². The number of thiazole rings is 1. The molecule has 4 aromatic rings. The van der Waals surface area contributed by atoms with E-state index in [9.17, 15) is 9.59 Å². The Labute approximate surface area is 146 Å². The molecule has 0 fully saturated rings. The van der Waals surface area contributed by atoms with Crippen LogP contribution in [0.3, 0.4) is 0 Å². The molecule has 0 unspecified atom stereocenters. The van der Waals surface area contributed by atoms with E-state index >= 15 is 0 Å². The van der Waals surface area contributed by atoms with Crippen molar-refractivity contribution < 1.29 is 4.42 Å². The highest BCUT2D eigenvalue weighted by molar-refractivity contribution is 7.13. The molecule has 0 aliphatic rings. The van der Waals surface area contributed by atoms with Crippen LogP contribution in [-0.2, 0) is 6.54 Å². The standard InChI is InChI=1S/C19H14N2O3S/c1-12-9-16(22)24-15-5-7-21(19(23)17(12)15)11-13-3-2-4-14(10-13)18-20-6-8-25-18/h2-10H,11H2,1H3. The van der Waals surface area contributed by atoms with Crippen molar-refractivity contribution in [1.82, 2.24) is 9.55 Å². The van der Waals surface area contributed by atoms with Crippen LogP contribution in [0.4, 0.5) is 0 Å². The number of fused-ring (bicyclic) bond motifs is 1. The van der Waals surface area contributed by atoms with Gasteiger partial charge in [0.2, 0.25) is 0 Å². The normalized spacial score (nSPS) is 11.1. The van der Waals surface area contributed by atoms with Crippen LogP contribution in [0, 0.1) is 6.92 Å². The molecular formula is C19H14N2O3S. The van der Waals surface area contributed by atoms with E-state index in [4.69, 9.17) is 4.42 Å².